The number of aliphatic carboxylic acids is 2. The fourth-order valence-corrected chi connectivity index (χ4v) is 3.36. The number of hydrogen-bond acceptors (Lipinski definition) is 3. The molecule has 0 heterocycles. The lowest BCUT2D eigenvalue weighted by Gasteiger charge is -2.29. The van der Waals surface area contributed by atoms with Gasteiger partial charge in [-0.3, -0.25) is 9.59 Å². The lowest BCUT2D eigenvalue weighted by molar-refractivity contribution is -0.166. The number of unbranched alkanes of at least 4 members (excludes halogenated alkanes) is 1. The molecule has 0 saturated heterocycles. The molecule has 0 aliphatic heterocycles. The van der Waals surface area contributed by atoms with Gasteiger partial charge in [-0.25, -0.2) is 0 Å². The highest BCUT2D eigenvalue weighted by Gasteiger charge is 2.45. The van der Waals surface area contributed by atoms with E-state index in [0.717, 1.165) is 17.5 Å². The van der Waals surface area contributed by atoms with Crippen LogP contribution in [0.15, 0.2) is 12.1 Å². The van der Waals surface area contributed by atoms with Crippen molar-refractivity contribution in [2.24, 2.45) is 5.41 Å². The summed E-state index contributed by atoms with van der Waals surface area (Å²) in [7, 11) is 0. The van der Waals surface area contributed by atoms with Gasteiger partial charge in [0.15, 0.2) is 5.41 Å². The first-order chi connectivity index (χ1) is 12.7. The molecule has 5 heteroatoms. The van der Waals surface area contributed by atoms with Crippen molar-refractivity contribution in [1.82, 2.24) is 0 Å². The number of phenolic OH excluding ortho intramolecular Hbond substituents is 1. The summed E-state index contributed by atoms with van der Waals surface area (Å²) < 4.78 is 0. The predicted octanol–water partition coefficient (Wildman–Crippen LogP) is 5.27. The average Bonchev–Trinajstić information content (AvgIpc) is 2.53. The Bertz CT molecular complexity index is 706. The molecule has 1 aromatic carbocycles. The van der Waals surface area contributed by atoms with Gasteiger partial charge in [0.05, 0.1) is 0 Å². The number of benzene rings is 1. The average molecular weight is 393 g/mol. The first-order valence-corrected chi connectivity index (χ1v) is 10.0. The number of hydrogen-bond donors (Lipinski definition) is 3. The number of rotatable bonds is 8. The van der Waals surface area contributed by atoms with Crippen LogP contribution in [0.4, 0.5) is 0 Å². The highest BCUT2D eigenvalue weighted by atomic mass is 16.4. The number of aromatic hydroxyl groups is 1. The van der Waals surface area contributed by atoms with Crippen LogP contribution in [0.3, 0.4) is 0 Å². The minimum atomic E-state index is -1.83. The predicted molar refractivity (Wildman–Crippen MR) is 111 cm³/mol. The third kappa shape index (κ3) is 5.27. The lowest BCUT2D eigenvalue weighted by Crippen LogP contribution is -2.40. The third-order valence-electron chi connectivity index (χ3n) is 5.46. The Labute approximate surface area is 168 Å². The Morgan fingerprint density at radius 2 is 1.43 bits per heavy atom. The van der Waals surface area contributed by atoms with Crippen LogP contribution in [-0.4, -0.2) is 27.3 Å². The largest absolute Gasteiger partial charge is 0.507 e. The van der Waals surface area contributed by atoms with Crippen molar-refractivity contribution in [2.75, 3.05) is 0 Å². The minimum Gasteiger partial charge on any atom is -0.507 e. The molecule has 1 aromatic rings. The molecule has 0 spiro atoms. The molecule has 0 aromatic heterocycles. The molecule has 0 aliphatic carbocycles. The van der Waals surface area contributed by atoms with E-state index in [4.69, 9.17) is 0 Å². The maximum Gasteiger partial charge on any atom is 0.321 e. The normalized spacial score (nSPS) is 12.8. The van der Waals surface area contributed by atoms with E-state index in [2.05, 4.69) is 20.8 Å². The maximum absolute atomic E-state index is 11.9. The summed E-state index contributed by atoms with van der Waals surface area (Å²) in [5.74, 6) is -2.48. The first-order valence-electron chi connectivity index (χ1n) is 10.0. The monoisotopic (exact) mass is 392 g/mol. The Hall–Kier alpha value is -2.04. The van der Waals surface area contributed by atoms with Crippen molar-refractivity contribution in [3.63, 3.8) is 0 Å². The van der Waals surface area contributed by atoms with Gasteiger partial charge >= 0.3 is 11.9 Å². The molecule has 0 radical (unpaired) electrons. The minimum absolute atomic E-state index is 0.0532. The number of carboxylic acids is 2. The molecule has 0 aliphatic rings. The van der Waals surface area contributed by atoms with E-state index in [1.807, 2.05) is 39.8 Å². The smallest absolute Gasteiger partial charge is 0.321 e. The van der Waals surface area contributed by atoms with Gasteiger partial charge in [-0.2, -0.15) is 0 Å². The molecule has 28 heavy (non-hydrogen) atoms. The van der Waals surface area contributed by atoms with Gasteiger partial charge in [-0.15, -0.1) is 0 Å². The molecule has 0 bridgehead atoms. The third-order valence-corrected chi connectivity index (χ3v) is 5.46. The fourth-order valence-electron chi connectivity index (χ4n) is 3.36. The van der Waals surface area contributed by atoms with Gasteiger partial charge in [0, 0.05) is 0 Å². The van der Waals surface area contributed by atoms with Crippen molar-refractivity contribution >= 4 is 11.9 Å². The van der Waals surface area contributed by atoms with E-state index in [9.17, 15) is 24.9 Å². The fraction of sp³-hybridized carbons (Fsp3) is 0.652. The number of carboxylic acid groups (broad SMARTS) is 2. The second-order valence-electron chi connectivity index (χ2n) is 9.83. The van der Waals surface area contributed by atoms with Gasteiger partial charge in [0.1, 0.15) is 5.75 Å². The lowest BCUT2D eigenvalue weighted by atomic mass is 9.75. The van der Waals surface area contributed by atoms with Crippen molar-refractivity contribution in [1.29, 1.82) is 0 Å². The van der Waals surface area contributed by atoms with Crippen molar-refractivity contribution in [3.8, 4) is 5.75 Å². The second-order valence-corrected chi connectivity index (χ2v) is 9.83. The molecule has 0 unspecified atom stereocenters. The van der Waals surface area contributed by atoms with Crippen LogP contribution >= 0.6 is 0 Å². The molecule has 0 fully saturated rings. The van der Waals surface area contributed by atoms with Crippen molar-refractivity contribution in [2.45, 2.75) is 91.4 Å². The zero-order valence-corrected chi connectivity index (χ0v) is 18.3. The van der Waals surface area contributed by atoms with Gasteiger partial charge in [-0.05, 0) is 46.8 Å². The van der Waals surface area contributed by atoms with E-state index in [0.29, 0.717) is 12.0 Å². The summed E-state index contributed by atoms with van der Waals surface area (Å²) in [5, 5.41) is 30.3. The molecular formula is C23H36O5. The topological polar surface area (TPSA) is 94.8 Å². The van der Waals surface area contributed by atoms with Crippen LogP contribution in [0.1, 0.15) is 90.8 Å². The van der Waals surface area contributed by atoms with Crippen LogP contribution < -0.4 is 0 Å². The molecule has 158 valence electrons. The first kappa shape index (κ1) is 24.0. The molecule has 1 rings (SSSR count). The number of carbonyl (C=O) groups is 2. The summed E-state index contributed by atoms with van der Waals surface area (Å²) in [6.45, 7) is 14.2. The molecule has 5 nitrogen and oxygen atoms in total. The van der Waals surface area contributed by atoms with E-state index in [1.54, 1.807) is 0 Å². The van der Waals surface area contributed by atoms with Crippen LogP contribution in [0, 0.1) is 5.41 Å². The zero-order valence-electron chi connectivity index (χ0n) is 18.3. The molecule has 0 atom stereocenters. The Morgan fingerprint density at radius 3 is 1.82 bits per heavy atom. The highest BCUT2D eigenvalue weighted by molar-refractivity contribution is 5.98. The highest BCUT2D eigenvalue weighted by Crippen LogP contribution is 2.40. The van der Waals surface area contributed by atoms with E-state index < -0.39 is 17.4 Å². The van der Waals surface area contributed by atoms with Crippen molar-refractivity contribution < 1.29 is 24.9 Å². The van der Waals surface area contributed by atoms with Gasteiger partial charge in [0.2, 0.25) is 0 Å². The Kier molecular flexibility index (Phi) is 7.32. The van der Waals surface area contributed by atoms with Gasteiger partial charge in [0.25, 0.3) is 0 Å². The van der Waals surface area contributed by atoms with Gasteiger partial charge in [-0.1, -0.05) is 73.4 Å². The van der Waals surface area contributed by atoms with E-state index >= 15 is 0 Å². The molecule has 0 saturated carbocycles. The zero-order chi connectivity index (χ0) is 21.9. The molecule has 0 amide bonds. The summed E-state index contributed by atoms with van der Waals surface area (Å²) >= 11 is 0. The van der Waals surface area contributed by atoms with Crippen LogP contribution in [-0.2, 0) is 26.8 Å². The number of phenols is 1. The van der Waals surface area contributed by atoms with E-state index in [1.165, 1.54) is 0 Å². The van der Waals surface area contributed by atoms with Crippen molar-refractivity contribution in [3.05, 3.63) is 28.8 Å². The van der Waals surface area contributed by atoms with E-state index in [-0.39, 0.29) is 35.8 Å². The van der Waals surface area contributed by atoms with Crippen LogP contribution in [0.5, 0.6) is 5.75 Å². The second kappa shape index (κ2) is 8.54. The Balaban J connectivity index is 3.43. The number of aryl methyl sites for hydroxylation is 1. The summed E-state index contributed by atoms with van der Waals surface area (Å²) in [6.07, 6.45) is 1.48. The molecule has 3 N–H and O–H groups in total. The molecular weight excluding hydrogens is 356 g/mol. The van der Waals surface area contributed by atoms with Crippen LogP contribution in [0.25, 0.3) is 0 Å². The van der Waals surface area contributed by atoms with Crippen LogP contribution in [0.2, 0.25) is 0 Å². The Morgan fingerprint density at radius 1 is 0.893 bits per heavy atom. The summed E-state index contributed by atoms with van der Waals surface area (Å²) in [5.41, 5.74) is 0.165. The van der Waals surface area contributed by atoms with Gasteiger partial charge < -0.3 is 15.3 Å². The SMILES string of the molecule is CCCCC(CCc1cc(C(C)(C)C)cc(C(C)(C)C)c1O)(C(=O)O)C(=O)O. The quantitative estimate of drug-likeness (QED) is 0.524. The standard InChI is InChI=1S/C23H36O5/c1-8-9-11-23(19(25)26,20(27)28)12-10-15-13-16(21(2,3)4)14-17(18(15)24)22(5,6)7/h13-14,24H,8-12H2,1-7H3,(H,25,26)(H,27,28). The maximum atomic E-state index is 11.9. The summed E-state index contributed by atoms with van der Waals surface area (Å²) in [6, 6.07) is 3.89. The summed E-state index contributed by atoms with van der Waals surface area (Å²) in [4.78, 5) is 23.8.